The van der Waals surface area contributed by atoms with E-state index >= 15 is 0 Å². The summed E-state index contributed by atoms with van der Waals surface area (Å²) in [5, 5.41) is 8.20. The van der Waals surface area contributed by atoms with Gasteiger partial charge in [-0.15, -0.1) is 10.2 Å². The third kappa shape index (κ3) is 1.84. The summed E-state index contributed by atoms with van der Waals surface area (Å²) >= 11 is 3.24. The average Bonchev–Trinajstić information content (AvgIpc) is 2.63. The summed E-state index contributed by atoms with van der Waals surface area (Å²) in [5.74, 6) is -0.0528. The van der Waals surface area contributed by atoms with Crippen LogP contribution >= 0.6 is 15.9 Å². The fourth-order valence-corrected chi connectivity index (χ4v) is 1.87. The third-order valence-electron chi connectivity index (χ3n) is 2.25. The maximum absolute atomic E-state index is 13.5. The van der Waals surface area contributed by atoms with E-state index < -0.39 is 11.6 Å². The minimum Gasteiger partial charge on any atom is -0.313 e. The Morgan fingerprint density at radius 2 is 2.06 bits per heavy atom. The van der Waals surface area contributed by atoms with Gasteiger partial charge in [-0.3, -0.25) is 0 Å². The molecule has 6 heteroatoms. The molecule has 1 aromatic carbocycles. The van der Waals surface area contributed by atoms with E-state index in [-0.39, 0.29) is 5.56 Å². The van der Waals surface area contributed by atoms with Crippen molar-refractivity contribution >= 4 is 15.9 Å². The van der Waals surface area contributed by atoms with Crippen LogP contribution in [-0.4, -0.2) is 14.8 Å². The number of benzene rings is 1. The van der Waals surface area contributed by atoms with Crippen molar-refractivity contribution in [2.24, 2.45) is 7.05 Å². The van der Waals surface area contributed by atoms with E-state index in [0.29, 0.717) is 17.0 Å². The molecule has 0 fully saturated rings. The van der Waals surface area contributed by atoms with Gasteiger partial charge in [-0.25, -0.2) is 8.78 Å². The predicted molar refractivity (Wildman–Crippen MR) is 59.0 cm³/mol. The van der Waals surface area contributed by atoms with Gasteiger partial charge in [0.15, 0.2) is 5.82 Å². The average molecular weight is 288 g/mol. The summed E-state index contributed by atoms with van der Waals surface area (Å²) in [6, 6.07) is 3.26. The van der Waals surface area contributed by atoms with Crippen molar-refractivity contribution in [3.8, 4) is 11.4 Å². The molecular weight excluding hydrogens is 280 g/mol. The molecule has 0 radical (unpaired) electrons. The smallest absolute Gasteiger partial charge is 0.166 e. The van der Waals surface area contributed by atoms with Crippen LogP contribution in [0.15, 0.2) is 18.2 Å². The topological polar surface area (TPSA) is 30.7 Å². The van der Waals surface area contributed by atoms with Crippen LogP contribution in [0.2, 0.25) is 0 Å². The van der Waals surface area contributed by atoms with Gasteiger partial charge in [0.1, 0.15) is 17.5 Å². The SMILES string of the molecule is Cn1c(CBr)nnc1-c1cc(F)ccc1F. The molecule has 0 aliphatic rings. The van der Waals surface area contributed by atoms with E-state index in [4.69, 9.17) is 0 Å². The van der Waals surface area contributed by atoms with Gasteiger partial charge in [0.05, 0.1) is 10.9 Å². The molecule has 0 N–H and O–H groups in total. The number of halogens is 3. The third-order valence-corrected chi connectivity index (χ3v) is 2.76. The monoisotopic (exact) mass is 287 g/mol. The summed E-state index contributed by atoms with van der Waals surface area (Å²) in [4.78, 5) is 0. The molecule has 2 rings (SSSR count). The zero-order chi connectivity index (χ0) is 11.7. The van der Waals surface area contributed by atoms with E-state index in [2.05, 4.69) is 26.1 Å². The van der Waals surface area contributed by atoms with Gasteiger partial charge in [-0.1, -0.05) is 15.9 Å². The number of aromatic nitrogens is 3. The van der Waals surface area contributed by atoms with Crippen LogP contribution in [0.5, 0.6) is 0 Å². The Morgan fingerprint density at radius 3 is 2.69 bits per heavy atom. The van der Waals surface area contributed by atoms with Crippen molar-refractivity contribution < 1.29 is 8.78 Å². The van der Waals surface area contributed by atoms with Crippen LogP contribution in [0, 0.1) is 11.6 Å². The maximum Gasteiger partial charge on any atom is 0.166 e. The van der Waals surface area contributed by atoms with Crippen molar-refractivity contribution in [3.05, 3.63) is 35.7 Å². The van der Waals surface area contributed by atoms with Gasteiger partial charge in [-0.2, -0.15) is 0 Å². The highest BCUT2D eigenvalue weighted by Gasteiger charge is 2.14. The van der Waals surface area contributed by atoms with Crippen molar-refractivity contribution in [2.75, 3.05) is 0 Å². The van der Waals surface area contributed by atoms with Crippen molar-refractivity contribution in [2.45, 2.75) is 5.33 Å². The second-order valence-corrected chi connectivity index (χ2v) is 3.82. The lowest BCUT2D eigenvalue weighted by Gasteiger charge is -2.03. The molecule has 0 saturated carbocycles. The molecule has 0 atom stereocenters. The molecule has 0 saturated heterocycles. The molecule has 3 nitrogen and oxygen atoms in total. The Morgan fingerprint density at radius 1 is 1.31 bits per heavy atom. The van der Waals surface area contributed by atoms with E-state index in [0.717, 1.165) is 18.2 Å². The highest BCUT2D eigenvalue weighted by atomic mass is 79.9. The molecule has 2 aromatic rings. The van der Waals surface area contributed by atoms with Crippen LogP contribution in [0.4, 0.5) is 8.78 Å². The first-order chi connectivity index (χ1) is 7.63. The van der Waals surface area contributed by atoms with Crippen LogP contribution in [-0.2, 0) is 12.4 Å². The fraction of sp³-hybridized carbons (Fsp3) is 0.200. The molecule has 0 aliphatic heterocycles. The zero-order valence-corrected chi connectivity index (χ0v) is 10.0. The van der Waals surface area contributed by atoms with Crippen LogP contribution in [0.3, 0.4) is 0 Å². The number of alkyl halides is 1. The molecule has 0 aliphatic carbocycles. The van der Waals surface area contributed by atoms with Crippen molar-refractivity contribution in [3.63, 3.8) is 0 Å². The van der Waals surface area contributed by atoms with Gasteiger partial charge >= 0.3 is 0 Å². The van der Waals surface area contributed by atoms with Crippen molar-refractivity contribution in [1.82, 2.24) is 14.8 Å². The molecule has 0 bridgehead atoms. The highest BCUT2D eigenvalue weighted by Crippen LogP contribution is 2.22. The van der Waals surface area contributed by atoms with Gasteiger partial charge in [0.2, 0.25) is 0 Å². The summed E-state index contributed by atoms with van der Waals surface area (Å²) < 4.78 is 28.1. The Kier molecular flexibility index (Phi) is 3.00. The molecule has 16 heavy (non-hydrogen) atoms. The van der Waals surface area contributed by atoms with E-state index in [1.807, 2.05) is 0 Å². The quantitative estimate of drug-likeness (QED) is 0.795. The van der Waals surface area contributed by atoms with Crippen molar-refractivity contribution in [1.29, 1.82) is 0 Å². The Bertz CT molecular complexity index is 525. The first-order valence-corrected chi connectivity index (χ1v) is 5.65. The first kappa shape index (κ1) is 11.2. The number of hydrogen-bond acceptors (Lipinski definition) is 2. The van der Waals surface area contributed by atoms with Gasteiger partial charge in [-0.05, 0) is 18.2 Å². The molecule has 1 aromatic heterocycles. The van der Waals surface area contributed by atoms with E-state index in [1.165, 1.54) is 0 Å². The van der Waals surface area contributed by atoms with Gasteiger partial charge < -0.3 is 4.57 Å². The largest absolute Gasteiger partial charge is 0.313 e. The Labute approximate surface area is 99.2 Å². The number of hydrogen-bond donors (Lipinski definition) is 0. The van der Waals surface area contributed by atoms with Gasteiger partial charge in [0.25, 0.3) is 0 Å². The highest BCUT2D eigenvalue weighted by molar-refractivity contribution is 9.08. The lowest BCUT2D eigenvalue weighted by atomic mass is 10.2. The number of nitrogens with zero attached hydrogens (tertiary/aromatic N) is 3. The zero-order valence-electron chi connectivity index (χ0n) is 8.41. The second kappa shape index (κ2) is 4.29. The van der Waals surface area contributed by atoms with Crippen LogP contribution in [0.25, 0.3) is 11.4 Å². The second-order valence-electron chi connectivity index (χ2n) is 3.26. The maximum atomic E-state index is 13.5. The minimum absolute atomic E-state index is 0.113. The lowest BCUT2D eigenvalue weighted by molar-refractivity contribution is 0.601. The lowest BCUT2D eigenvalue weighted by Crippen LogP contribution is -1.99. The minimum atomic E-state index is -0.516. The normalized spacial score (nSPS) is 10.8. The summed E-state index contributed by atoms with van der Waals surface area (Å²) in [5.41, 5.74) is 0.113. The molecule has 0 amide bonds. The molecular formula is C10H8BrF2N3. The fourth-order valence-electron chi connectivity index (χ4n) is 1.38. The molecule has 1 heterocycles. The number of rotatable bonds is 2. The Hall–Kier alpha value is -1.30. The van der Waals surface area contributed by atoms with E-state index in [1.54, 1.807) is 11.6 Å². The van der Waals surface area contributed by atoms with Crippen LogP contribution in [0.1, 0.15) is 5.82 Å². The Balaban J connectivity index is 2.58. The standard InChI is InChI=1S/C10H8BrF2N3/c1-16-9(5-11)14-15-10(16)7-4-6(12)2-3-8(7)13/h2-4H,5H2,1H3. The summed E-state index contributed by atoms with van der Waals surface area (Å²) in [6.45, 7) is 0. The molecule has 0 spiro atoms. The predicted octanol–water partition coefficient (Wildman–Crippen LogP) is 2.66. The molecule has 84 valence electrons. The summed E-state index contributed by atoms with van der Waals surface area (Å²) in [6.07, 6.45) is 0. The first-order valence-electron chi connectivity index (χ1n) is 4.53. The summed E-state index contributed by atoms with van der Waals surface area (Å²) in [7, 11) is 1.70. The molecule has 0 unspecified atom stereocenters. The van der Waals surface area contributed by atoms with Gasteiger partial charge in [0, 0.05) is 7.05 Å². The van der Waals surface area contributed by atoms with Crippen LogP contribution < -0.4 is 0 Å². The van der Waals surface area contributed by atoms with E-state index in [9.17, 15) is 8.78 Å².